The molecule has 3 heterocycles. The Balaban J connectivity index is 1.34. The summed E-state index contributed by atoms with van der Waals surface area (Å²) in [5.41, 5.74) is 4.55. The van der Waals surface area contributed by atoms with E-state index in [1.165, 1.54) is 12.1 Å². The Bertz CT molecular complexity index is 1790. The lowest BCUT2D eigenvalue weighted by Gasteiger charge is -2.40. The largest absolute Gasteiger partial charge is 0.490 e. The fourth-order valence-corrected chi connectivity index (χ4v) is 6.54. The van der Waals surface area contributed by atoms with Crippen molar-refractivity contribution in [2.75, 3.05) is 20.3 Å². The second-order valence-electron chi connectivity index (χ2n) is 11.0. The standard InChI is InChI=1S/C33H31FN4O5/c1-41-25-17-23(37-19-21-6-8-22(34)15-27(21)33(37)40)16-24(18-25)38-29-14-20(32-35-10-12-43-32)7-9-28(29)36-31(38)26-4-2-3-5-30(26)42-13-11-39/h2-10,12,14-15,23-25,39H,11,13,16-19H2,1H3/t23-,24+,25+/m1/s1. The quantitative estimate of drug-likeness (QED) is 0.253. The van der Waals surface area contributed by atoms with E-state index in [9.17, 15) is 14.3 Å². The van der Waals surface area contributed by atoms with Gasteiger partial charge in [-0.25, -0.2) is 14.4 Å². The van der Waals surface area contributed by atoms with Gasteiger partial charge in [0.1, 0.15) is 30.3 Å². The number of carbonyl (C=O) groups excluding carboxylic acids is 1. The minimum Gasteiger partial charge on any atom is -0.490 e. The van der Waals surface area contributed by atoms with Gasteiger partial charge >= 0.3 is 0 Å². The molecule has 1 fully saturated rings. The predicted octanol–water partition coefficient (Wildman–Crippen LogP) is 5.63. The van der Waals surface area contributed by atoms with Gasteiger partial charge in [0.25, 0.3) is 5.91 Å². The molecule has 0 saturated heterocycles. The summed E-state index contributed by atoms with van der Waals surface area (Å²) in [5.74, 6) is 1.27. The van der Waals surface area contributed by atoms with E-state index in [2.05, 4.69) is 9.55 Å². The van der Waals surface area contributed by atoms with E-state index < -0.39 is 5.82 Å². The molecule has 0 spiro atoms. The molecule has 2 aromatic heterocycles. The van der Waals surface area contributed by atoms with Gasteiger partial charge in [0.05, 0.1) is 35.5 Å². The van der Waals surface area contributed by atoms with Gasteiger partial charge in [-0.2, -0.15) is 0 Å². The Hall–Kier alpha value is -4.54. The Morgan fingerprint density at radius 3 is 2.72 bits per heavy atom. The summed E-state index contributed by atoms with van der Waals surface area (Å²) in [5, 5.41) is 9.45. The van der Waals surface area contributed by atoms with Crippen LogP contribution in [-0.2, 0) is 11.3 Å². The first-order valence-corrected chi connectivity index (χ1v) is 14.4. The molecule has 1 aliphatic heterocycles. The zero-order valence-corrected chi connectivity index (χ0v) is 23.6. The maximum atomic E-state index is 14.0. The molecule has 10 heteroatoms. The molecule has 0 unspecified atom stereocenters. The average molecular weight is 583 g/mol. The van der Waals surface area contributed by atoms with Crippen molar-refractivity contribution >= 4 is 16.9 Å². The van der Waals surface area contributed by atoms with Gasteiger partial charge < -0.3 is 28.5 Å². The third-order valence-electron chi connectivity index (χ3n) is 8.50. The number of ether oxygens (including phenoxy) is 2. The molecule has 220 valence electrons. The number of carbonyl (C=O) groups is 1. The highest BCUT2D eigenvalue weighted by molar-refractivity contribution is 5.98. The number of benzene rings is 3. The first-order chi connectivity index (χ1) is 21.0. The smallest absolute Gasteiger partial charge is 0.254 e. The van der Waals surface area contributed by atoms with Crippen LogP contribution in [0.25, 0.3) is 33.9 Å². The number of para-hydroxylation sites is 1. The molecule has 2 aliphatic rings. The van der Waals surface area contributed by atoms with Crippen LogP contribution in [0.15, 0.2) is 77.5 Å². The van der Waals surface area contributed by atoms with Gasteiger partial charge in [-0.15, -0.1) is 0 Å². The van der Waals surface area contributed by atoms with E-state index in [-0.39, 0.29) is 37.3 Å². The number of nitrogens with zero attached hydrogens (tertiary/aromatic N) is 4. The number of rotatable bonds is 8. The second kappa shape index (κ2) is 11.3. The monoisotopic (exact) mass is 582 g/mol. The average Bonchev–Trinajstić information content (AvgIpc) is 3.78. The van der Waals surface area contributed by atoms with Crippen molar-refractivity contribution in [1.82, 2.24) is 19.4 Å². The van der Waals surface area contributed by atoms with Crippen LogP contribution in [0, 0.1) is 5.82 Å². The van der Waals surface area contributed by atoms with E-state index >= 15 is 0 Å². The van der Waals surface area contributed by atoms with Crippen molar-refractivity contribution in [3.8, 4) is 28.6 Å². The van der Waals surface area contributed by atoms with Crippen LogP contribution in [0.3, 0.4) is 0 Å². The van der Waals surface area contributed by atoms with Crippen molar-refractivity contribution < 1.29 is 28.2 Å². The Kier molecular flexibility index (Phi) is 7.16. The van der Waals surface area contributed by atoms with E-state index in [0.29, 0.717) is 48.8 Å². The number of halogens is 1. The molecule has 43 heavy (non-hydrogen) atoms. The maximum Gasteiger partial charge on any atom is 0.254 e. The van der Waals surface area contributed by atoms with Crippen molar-refractivity contribution in [3.05, 3.63) is 90.1 Å². The Morgan fingerprint density at radius 1 is 1.05 bits per heavy atom. The molecule has 3 atom stereocenters. The minimum absolute atomic E-state index is 0.0948. The molecule has 1 amide bonds. The number of amides is 1. The zero-order chi connectivity index (χ0) is 29.5. The number of oxazole rings is 1. The van der Waals surface area contributed by atoms with Gasteiger partial charge in [-0.1, -0.05) is 18.2 Å². The van der Waals surface area contributed by atoms with Crippen molar-refractivity contribution in [2.24, 2.45) is 0 Å². The number of aliphatic hydroxyl groups excluding tert-OH is 1. The van der Waals surface area contributed by atoms with Crippen molar-refractivity contribution in [1.29, 1.82) is 0 Å². The van der Waals surface area contributed by atoms with Crippen LogP contribution in [0.4, 0.5) is 4.39 Å². The highest BCUT2D eigenvalue weighted by Crippen LogP contribution is 2.42. The maximum absolute atomic E-state index is 14.0. The summed E-state index contributed by atoms with van der Waals surface area (Å²) in [7, 11) is 1.70. The number of aliphatic hydroxyl groups is 1. The van der Waals surface area contributed by atoms with E-state index in [1.807, 2.05) is 47.4 Å². The third kappa shape index (κ3) is 4.96. The number of aromatic nitrogens is 3. The second-order valence-corrected chi connectivity index (χ2v) is 11.0. The van der Waals surface area contributed by atoms with Crippen LogP contribution >= 0.6 is 0 Å². The van der Waals surface area contributed by atoms with E-state index in [4.69, 9.17) is 18.9 Å². The number of imidazole rings is 1. The summed E-state index contributed by atoms with van der Waals surface area (Å²) in [6, 6.07) is 17.8. The van der Waals surface area contributed by atoms with E-state index in [0.717, 1.165) is 27.7 Å². The van der Waals surface area contributed by atoms with Crippen LogP contribution in [0.1, 0.15) is 41.2 Å². The first-order valence-electron chi connectivity index (χ1n) is 14.4. The Morgan fingerprint density at radius 2 is 1.91 bits per heavy atom. The highest BCUT2D eigenvalue weighted by atomic mass is 19.1. The SMILES string of the molecule is CO[C@H]1C[C@H](N2Cc3ccc(F)cc3C2=O)C[C@H](n2c(-c3ccccc3OCCO)nc3ccc(-c4ncco4)cc32)C1. The highest BCUT2D eigenvalue weighted by Gasteiger charge is 2.40. The molecule has 0 radical (unpaired) electrons. The van der Waals surface area contributed by atoms with Crippen LogP contribution in [-0.4, -0.2) is 62.9 Å². The van der Waals surface area contributed by atoms with Crippen molar-refractivity contribution in [3.63, 3.8) is 0 Å². The van der Waals surface area contributed by atoms with Gasteiger partial charge in [0.2, 0.25) is 5.89 Å². The van der Waals surface area contributed by atoms with Gasteiger partial charge in [-0.3, -0.25) is 4.79 Å². The lowest BCUT2D eigenvalue weighted by atomic mass is 9.87. The first kappa shape index (κ1) is 27.3. The molecule has 3 aromatic carbocycles. The normalized spacial score (nSPS) is 20.1. The van der Waals surface area contributed by atoms with Crippen LogP contribution < -0.4 is 4.74 Å². The third-order valence-corrected chi connectivity index (χ3v) is 8.50. The molecule has 9 nitrogen and oxygen atoms in total. The molecule has 5 aromatic rings. The Labute approximate surface area is 247 Å². The molecular weight excluding hydrogens is 551 g/mol. The summed E-state index contributed by atoms with van der Waals surface area (Å²) in [6.45, 7) is 0.479. The van der Waals surface area contributed by atoms with E-state index in [1.54, 1.807) is 25.6 Å². The summed E-state index contributed by atoms with van der Waals surface area (Å²) in [6.07, 6.45) is 5.08. The minimum atomic E-state index is -0.413. The van der Waals surface area contributed by atoms with Crippen LogP contribution in [0.2, 0.25) is 0 Å². The fourth-order valence-electron chi connectivity index (χ4n) is 6.54. The topological polar surface area (TPSA) is 103 Å². The summed E-state index contributed by atoms with van der Waals surface area (Å²) >= 11 is 0. The molecule has 1 saturated carbocycles. The predicted molar refractivity (Wildman–Crippen MR) is 157 cm³/mol. The number of fused-ring (bicyclic) bond motifs is 2. The van der Waals surface area contributed by atoms with Gasteiger partial charge in [0.15, 0.2) is 0 Å². The summed E-state index contributed by atoms with van der Waals surface area (Å²) in [4.78, 5) is 24.8. The summed E-state index contributed by atoms with van der Waals surface area (Å²) < 4.78 is 33.7. The molecule has 0 bridgehead atoms. The number of hydrogen-bond donors (Lipinski definition) is 1. The number of hydrogen-bond acceptors (Lipinski definition) is 7. The molecule has 7 rings (SSSR count). The zero-order valence-electron chi connectivity index (χ0n) is 23.6. The van der Waals surface area contributed by atoms with Gasteiger partial charge in [-0.05, 0) is 67.3 Å². The van der Waals surface area contributed by atoms with Crippen LogP contribution in [0.5, 0.6) is 5.75 Å². The van der Waals surface area contributed by atoms with Gasteiger partial charge in [0, 0.05) is 36.9 Å². The lowest BCUT2D eigenvalue weighted by molar-refractivity contribution is 0.0114. The van der Waals surface area contributed by atoms with Crippen molar-refractivity contribution in [2.45, 2.75) is 44.0 Å². The molecule has 1 aliphatic carbocycles. The number of methoxy groups -OCH3 is 1. The lowest BCUT2D eigenvalue weighted by Crippen LogP contribution is -2.44. The fraction of sp³-hybridized carbons (Fsp3) is 0.303. The molecule has 1 N–H and O–H groups in total. The molecular formula is C33H31FN4O5.